The molecule has 1 aromatic heterocycles. The second-order valence-electron chi connectivity index (χ2n) is 6.83. The smallest absolute Gasteiger partial charge is 0.276 e. The molecule has 132 valence electrons. The fourth-order valence-corrected chi connectivity index (χ4v) is 3.01. The molecule has 6 nitrogen and oxygen atoms in total. The van der Waals surface area contributed by atoms with Crippen LogP contribution < -0.4 is 10.1 Å². The average Bonchev–Trinajstić information content (AvgIpc) is 3.38. The molecule has 1 aliphatic carbocycles. The van der Waals surface area contributed by atoms with Crippen molar-refractivity contribution in [1.82, 2.24) is 10.2 Å². The summed E-state index contributed by atoms with van der Waals surface area (Å²) in [6, 6.07) is 9.32. The van der Waals surface area contributed by atoms with Crippen LogP contribution in [-0.4, -0.2) is 35.9 Å². The second kappa shape index (κ2) is 7.27. The number of carbonyl (C=O) groups is 1. The molecular formula is C19H23N3O3. The van der Waals surface area contributed by atoms with Crippen LogP contribution in [0.2, 0.25) is 0 Å². The van der Waals surface area contributed by atoms with Gasteiger partial charge in [-0.3, -0.25) is 9.89 Å². The van der Waals surface area contributed by atoms with Crippen LogP contribution in [-0.2, 0) is 4.74 Å². The van der Waals surface area contributed by atoms with E-state index in [2.05, 4.69) is 15.5 Å². The van der Waals surface area contributed by atoms with Crippen molar-refractivity contribution in [3.63, 3.8) is 0 Å². The number of benzene rings is 1. The fraction of sp³-hybridized carbons (Fsp3) is 0.474. The Hall–Kier alpha value is -2.34. The average molecular weight is 341 g/mol. The number of ether oxygens (including phenoxy) is 2. The molecule has 2 heterocycles. The van der Waals surface area contributed by atoms with Gasteiger partial charge in [0.15, 0.2) is 5.69 Å². The number of aromatic nitrogens is 2. The minimum atomic E-state index is -0.195. The molecular weight excluding hydrogens is 318 g/mol. The van der Waals surface area contributed by atoms with Crippen LogP contribution in [0.5, 0.6) is 5.75 Å². The quantitative estimate of drug-likeness (QED) is 0.845. The number of nitrogens with one attached hydrogen (secondary N) is 2. The first-order chi connectivity index (χ1) is 12.3. The molecule has 2 N–H and O–H groups in total. The Morgan fingerprint density at radius 2 is 1.96 bits per heavy atom. The molecule has 2 fully saturated rings. The maximum atomic E-state index is 12.3. The minimum absolute atomic E-state index is 0.195. The number of hydrogen-bond donors (Lipinski definition) is 2. The molecule has 1 saturated carbocycles. The second-order valence-corrected chi connectivity index (χ2v) is 6.83. The summed E-state index contributed by atoms with van der Waals surface area (Å²) in [5.41, 5.74) is 2.23. The number of rotatable bonds is 6. The maximum absolute atomic E-state index is 12.3. The predicted octanol–water partition coefficient (Wildman–Crippen LogP) is 3.34. The Labute approximate surface area is 146 Å². The van der Waals surface area contributed by atoms with Gasteiger partial charge < -0.3 is 14.8 Å². The molecule has 1 amide bonds. The highest BCUT2D eigenvalue weighted by atomic mass is 16.5. The van der Waals surface area contributed by atoms with E-state index in [0.717, 1.165) is 43.2 Å². The Kier molecular flexibility index (Phi) is 4.70. The van der Waals surface area contributed by atoms with Crippen LogP contribution in [0.4, 0.5) is 5.69 Å². The van der Waals surface area contributed by atoms with Crippen LogP contribution in [0.25, 0.3) is 0 Å². The van der Waals surface area contributed by atoms with Gasteiger partial charge in [0.25, 0.3) is 5.91 Å². The van der Waals surface area contributed by atoms with E-state index >= 15 is 0 Å². The lowest BCUT2D eigenvalue weighted by atomic mass is 10.0. The third-order valence-corrected chi connectivity index (χ3v) is 4.79. The molecule has 1 saturated heterocycles. The topological polar surface area (TPSA) is 76.2 Å². The number of aromatic amines is 1. The highest BCUT2D eigenvalue weighted by Gasteiger charge is 2.26. The monoisotopic (exact) mass is 341 g/mol. The summed E-state index contributed by atoms with van der Waals surface area (Å²) in [4.78, 5) is 12.3. The first-order valence-corrected chi connectivity index (χ1v) is 8.95. The summed E-state index contributed by atoms with van der Waals surface area (Å²) in [5, 5.41) is 9.92. The minimum Gasteiger partial charge on any atom is -0.493 e. The third-order valence-electron chi connectivity index (χ3n) is 4.79. The molecule has 0 unspecified atom stereocenters. The van der Waals surface area contributed by atoms with Gasteiger partial charge >= 0.3 is 0 Å². The number of carbonyl (C=O) groups excluding carboxylic acids is 1. The molecule has 0 bridgehead atoms. The van der Waals surface area contributed by atoms with E-state index < -0.39 is 0 Å². The highest BCUT2D eigenvalue weighted by Crippen LogP contribution is 2.39. The van der Waals surface area contributed by atoms with Crippen LogP contribution >= 0.6 is 0 Å². The van der Waals surface area contributed by atoms with Crippen molar-refractivity contribution in [3.8, 4) is 5.75 Å². The van der Waals surface area contributed by atoms with Crippen molar-refractivity contribution in [2.24, 2.45) is 5.92 Å². The van der Waals surface area contributed by atoms with Gasteiger partial charge in [0, 0.05) is 30.5 Å². The van der Waals surface area contributed by atoms with Gasteiger partial charge in [-0.25, -0.2) is 0 Å². The van der Waals surface area contributed by atoms with E-state index in [0.29, 0.717) is 24.1 Å². The highest BCUT2D eigenvalue weighted by molar-refractivity contribution is 6.02. The zero-order valence-electron chi connectivity index (χ0n) is 14.2. The number of anilines is 1. The summed E-state index contributed by atoms with van der Waals surface area (Å²) < 4.78 is 11.2. The molecule has 2 aliphatic rings. The normalized spacial score (nSPS) is 18.1. The van der Waals surface area contributed by atoms with Crippen LogP contribution in [0, 0.1) is 5.92 Å². The summed E-state index contributed by atoms with van der Waals surface area (Å²) in [6.07, 6.45) is 4.47. The Morgan fingerprint density at radius 3 is 2.68 bits per heavy atom. The number of H-pyrrole nitrogens is 1. The van der Waals surface area contributed by atoms with Crippen molar-refractivity contribution in [2.45, 2.75) is 31.6 Å². The van der Waals surface area contributed by atoms with Crippen LogP contribution in [0.3, 0.4) is 0 Å². The molecule has 1 aromatic carbocycles. The molecule has 0 spiro atoms. The molecule has 2 aromatic rings. The van der Waals surface area contributed by atoms with E-state index in [9.17, 15) is 4.79 Å². The van der Waals surface area contributed by atoms with Crippen molar-refractivity contribution in [1.29, 1.82) is 0 Å². The molecule has 4 rings (SSSR count). The van der Waals surface area contributed by atoms with Crippen molar-refractivity contribution >= 4 is 11.6 Å². The third kappa shape index (κ3) is 4.20. The largest absolute Gasteiger partial charge is 0.493 e. The Balaban J connectivity index is 1.29. The number of amides is 1. The van der Waals surface area contributed by atoms with Gasteiger partial charge in [-0.15, -0.1) is 0 Å². The van der Waals surface area contributed by atoms with Gasteiger partial charge in [-0.2, -0.15) is 5.10 Å². The summed E-state index contributed by atoms with van der Waals surface area (Å²) in [6.45, 7) is 2.37. The maximum Gasteiger partial charge on any atom is 0.276 e. The van der Waals surface area contributed by atoms with Crippen LogP contribution in [0.15, 0.2) is 30.3 Å². The van der Waals surface area contributed by atoms with E-state index in [-0.39, 0.29) is 5.91 Å². The summed E-state index contributed by atoms with van der Waals surface area (Å²) in [5.74, 6) is 1.74. The van der Waals surface area contributed by atoms with Gasteiger partial charge in [0.1, 0.15) is 5.75 Å². The van der Waals surface area contributed by atoms with Gasteiger partial charge in [0.2, 0.25) is 0 Å². The zero-order chi connectivity index (χ0) is 17.1. The standard InChI is InChI=1S/C19H23N3O3/c23-19(18-11-17(21-22-18)14-1-2-14)20-15-3-5-16(6-4-15)25-12-13-7-9-24-10-8-13/h3-6,11,13-14H,1-2,7-10,12H2,(H,20,23)(H,21,22). The van der Waals surface area contributed by atoms with Crippen LogP contribution in [0.1, 0.15) is 47.8 Å². The molecule has 1 aliphatic heterocycles. The molecule has 25 heavy (non-hydrogen) atoms. The van der Waals surface area contributed by atoms with Gasteiger partial charge in [-0.1, -0.05) is 0 Å². The van der Waals surface area contributed by atoms with Gasteiger partial charge in [0.05, 0.1) is 6.61 Å². The van der Waals surface area contributed by atoms with E-state index in [4.69, 9.17) is 9.47 Å². The zero-order valence-corrected chi connectivity index (χ0v) is 14.2. The lowest BCUT2D eigenvalue weighted by Gasteiger charge is -2.22. The molecule has 0 atom stereocenters. The molecule has 6 heteroatoms. The van der Waals surface area contributed by atoms with Crippen molar-refractivity contribution in [3.05, 3.63) is 41.7 Å². The number of hydrogen-bond acceptors (Lipinski definition) is 4. The Bertz CT molecular complexity index is 716. The summed E-state index contributed by atoms with van der Waals surface area (Å²) in [7, 11) is 0. The molecule has 0 radical (unpaired) electrons. The Morgan fingerprint density at radius 1 is 1.20 bits per heavy atom. The van der Waals surface area contributed by atoms with E-state index in [1.54, 1.807) is 0 Å². The van der Waals surface area contributed by atoms with E-state index in [1.165, 1.54) is 12.8 Å². The van der Waals surface area contributed by atoms with Gasteiger partial charge in [-0.05, 0) is 61.9 Å². The summed E-state index contributed by atoms with van der Waals surface area (Å²) >= 11 is 0. The number of nitrogens with zero attached hydrogens (tertiary/aromatic N) is 1. The lowest BCUT2D eigenvalue weighted by Crippen LogP contribution is -2.21. The first-order valence-electron chi connectivity index (χ1n) is 8.95. The van der Waals surface area contributed by atoms with Crippen molar-refractivity contribution < 1.29 is 14.3 Å². The predicted molar refractivity (Wildman–Crippen MR) is 94.0 cm³/mol. The first kappa shape index (κ1) is 16.1. The lowest BCUT2D eigenvalue weighted by molar-refractivity contribution is 0.0497. The fourth-order valence-electron chi connectivity index (χ4n) is 3.01. The van der Waals surface area contributed by atoms with Crippen molar-refractivity contribution in [2.75, 3.05) is 25.1 Å². The SMILES string of the molecule is O=C(Nc1ccc(OCC2CCOCC2)cc1)c1cc(C2CC2)[nH]n1. The van der Waals surface area contributed by atoms with E-state index in [1.807, 2.05) is 30.3 Å².